The maximum absolute atomic E-state index is 13.5. The van der Waals surface area contributed by atoms with Crippen molar-refractivity contribution in [1.82, 2.24) is 9.80 Å². The Morgan fingerprint density at radius 2 is 1.64 bits per heavy atom. The summed E-state index contributed by atoms with van der Waals surface area (Å²) in [5.41, 5.74) is 2.49. The van der Waals surface area contributed by atoms with Gasteiger partial charge >= 0.3 is 5.97 Å². The van der Waals surface area contributed by atoms with E-state index >= 15 is 0 Å². The van der Waals surface area contributed by atoms with Gasteiger partial charge in [-0.3, -0.25) is 4.79 Å². The second-order valence-electron chi connectivity index (χ2n) is 8.55. The van der Waals surface area contributed by atoms with Crippen LogP contribution in [0.3, 0.4) is 0 Å². The molecule has 0 aromatic heterocycles. The minimum absolute atomic E-state index is 0.0568. The van der Waals surface area contributed by atoms with Gasteiger partial charge in [0.25, 0.3) is 0 Å². The molecule has 178 valence electrons. The van der Waals surface area contributed by atoms with Crippen LogP contribution in [0.2, 0.25) is 10.0 Å². The highest BCUT2D eigenvalue weighted by molar-refractivity contribution is 6.45. The Hall–Kier alpha value is -2.32. The van der Waals surface area contributed by atoms with Gasteiger partial charge in [0.2, 0.25) is 0 Å². The summed E-state index contributed by atoms with van der Waals surface area (Å²) in [5.74, 6) is -0.362. The highest BCUT2D eigenvalue weighted by Crippen LogP contribution is 2.43. The number of aromatic hydroxyl groups is 1. The Balaban J connectivity index is 2.03. The number of ether oxygens (including phenoxy) is 2. The third-order valence-corrected chi connectivity index (χ3v) is 6.05. The van der Waals surface area contributed by atoms with Crippen LogP contribution in [0.25, 0.3) is 0 Å². The third kappa shape index (κ3) is 5.44. The number of carbonyl (C=O) groups is 2. The van der Waals surface area contributed by atoms with E-state index in [-0.39, 0.29) is 40.2 Å². The molecule has 2 aromatic rings. The van der Waals surface area contributed by atoms with Crippen molar-refractivity contribution in [3.05, 3.63) is 56.1 Å². The molecule has 0 bridgehead atoms. The number of rotatable bonds is 8. The molecule has 1 heterocycles. The molecule has 0 fully saturated rings. The molecule has 0 radical (unpaired) electrons. The van der Waals surface area contributed by atoms with Gasteiger partial charge in [-0.25, -0.2) is 4.79 Å². The minimum atomic E-state index is -0.828. The molecular weight excluding hydrogens is 467 g/mol. The molecule has 2 aromatic carbocycles. The average molecular weight is 495 g/mol. The topological polar surface area (TPSA) is 79.3 Å². The smallest absolute Gasteiger partial charge is 0.347 e. The number of hydrogen-bond donors (Lipinski definition) is 1. The second-order valence-corrected chi connectivity index (χ2v) is 9.31. The molecule has 1 N–H and O–H groups in total. The van der Waals surface area contributed by atoms with E-state index in [0.717, 1.165) is 0 Å². The summed E-state index contributed by atoms with van der Waals surface area (Å²) in [6.07, 6.45) is -0.593. The van der Waals surface area contributed by atoms with Gasteiger partial charge in [-0.15, -0.1) is 0 Å². The molecule has 1 aliphatic heterocycles. The van der Waals surface area contributed by atoms with Gasteiger partial charge in [-0.1, -0.05) is 23.2 Å². The van der Waals surface area contributed by atoms with Gasteiger partial charge in [0.15, 0.2) is 11.9 Å². The van der Waals surface area contributed by atoms with E-state index < -0.39 is 12.1 Å². The standard InChI is InChI=1S/C24H28Cl2N2O5/c1-6-32-24(31)18-10-14-9-17(19(25)20(26)23(14)33-18)22(30)13-7-15(11-27(2)3)21(29)16(8-13)12-28(4)5/h7-9,18,29H,6,10-12H2,1-5H3. The Bertz CT molecular complexity index is 1050. The van der Waals surface area contributed by atoms with Gasteiger partial charge in [-0.05, 0) is 53.3 Å². The van der Waals surface area contributed by atoms with Crippen molar-refractivity contribution in [3.8, 4) is 11.5 Å². The largest absolute Gasteiger partial charge is 0.507 e. The van der Waals surface area contributed by atoms with E-state index in [1.807, 2.05) is 38.0 Å². The zero-order valence-electron chi connectivity index (χ0n) is 19.4. The van der Waals surface area contributed by atoms with Crippen molar-refractivity contribution in [2.75, 3.05) is 34.8 Å². The fourth-order valence-corrected chi connectivity index (χ4v) is 4.32. The molecule has 0 saturated carbocycles. The normalized spacial score (nSPS) is 15.0. The maximum atomic E-state index is 13.5. The Labute approximate surface area is 203 Å². The van der Waals surface area contributed by atoms with Crippen LogP contribution in [0.15, 0.2) is 18.2 Å². The van der Waals surface area contributed by atoms with Crippen LogP contribution in [0.1, 0.15) is 39.5 Å². The zero-order chi connectivity index (χ0) is 24.4. The minimum Gasteiger partial charge on any atom is -0.507 e. The van der Waals surface area contributed by atoms with Crippen LogP contribution in [-0.2, 0) is 29.0 Å². The Morgan fingerprint density at radius 1 is 1.06 bits per heavy atom. The van der Waals surface area contributed by atoms with Crippen molar-refractivity contribution in [3.63, 3.8) is 0 Å². The lowest BCUT2D eigenvalue weighted by Crippen LogP contribution is -2.27. The molecule has 0 saturated heterocycles. The van der Waals surface area contributed by atoms with Crippen molar-refractivity contribution in [1.29, 1.82) is 0 Å². The van der Waals surface area contributed by atoms with Crippen LogP contribution in [0, 0.1) is 0 Å². The summed E-state index contributed by atoms with van der Waals surface area (Å²) < 4.78 is 10.7. The molecule has 33 heavy (non-hydrogen) atoms. The van der Waals surface area contributed by atoms with E-state index in [1.165, 1.54) is 0 Å². The van der Waals surface area contributed by atoms with Crippen LogP contribution in [0.5, 0.6) is 11.5 Å². The van der Waals surface area contributed by atoms with Crippen LogP contribution in [-0.4, -0.2) is 67.6 Å². The molecule has 1 unspecified atom stereocenters. The quantitative estimate of drug-likeness (QED) is 0.439. The summed E-state index contributed by atoms with van der Waals surface area (Å²) in [6, 6.07) is 4.97. The lowest BCUT2D eigenvalue weighted by atomic mass is 9.95. The second kappa shape index (κ2) is 10.3. The molecule has 7 nitrogen and oxygen atoms in total. The first-order valence-electron chi connectivity index (χ1n) is 10.6. The fraction of sp³-hybridized carbons (Fsp3) is 0.417. The molecule has 3 rings (SSSR count). The van der Waals surface area contributed by atoms with Crippen molar-refractivity contribution >= 4 is 35.0 Å². The molecule has 0 spiro atoms. The number of phenolic OH excluding ortho intramolecular Hbond substituents is 1. The van der Waals surface area contributed by atoms with E-state index in [2.05, 4.69) is 0 Å². The number of phenols is 1. The number of fused-ring (bicyclic) bond motifs is 1. The first-order valence-corrected chi connectivity index (χ1v) is 11.3. The number of ketones is 1. The van der Waals surface area contributed by atoms with Crippen LogP contribution in [0.4, 0.5) is 0 Å². The molecule has 0 amide bonds. The molecule has 9 heteroatoms. The SMILES string of the molecule is CCOC(=O)C1Cc2cc(C(=O)c3cc(CN(C)C)c(O)c(CN(C)C)c3)c(Cl)c(Cl)c2O1. The van der Waals surface area contributed by atoms with Crippen molar-refractivity contribution in [2.24, 2.45) is 0 Å². The summed E-state index contributed by atoms with van der Waals surface area (Å²) >= 11 is 12.9. The van der Waals surface area contributed by atoms with Gasteiger partial charge in [0.1, 0.15) is 16.5 Å². The van der Waals surface area contributed by atoms with Gasteiger partial charge in [0, 0.05) is 47.3 Å². The lowest BCUT2D eigenvalue weighted by molar-refractivity contribution is -0.150. The third-order valence-electron chi connectivity index (χ3n) is 5.20. The predicted molar refractivity (Wildman–Crippen MR) is 128 cm³/mol. The summed E-state index contributed by atoms with van der Waals surface area (Å²) in [5, 5.41) is 10.9. The van der Waals surface area contributed by atoms with Gasteiger partial charge in [-0.2, -0.15) is 0 Å². The first kappa shape index (κ1) is 25.3. The molecule has 0 aliphatic carbocycles. The molecule has 1 atom stereocenters. The average Bonchev–Trinajstić information content (AvgIpc) is 3.17. The highest BCUT2D eigenvalue weighted by atomic mass is 35.5. The first-order chi connectivity index (χ1) is 15.5. The van der Waals surface area contributed by atoms with Crippen LogP contribution >= 0.6 is 23.2 Å². The predicted octanol–water partition coefficient (Wildman–Crippen LogP) is 3.92. The van der Waals surface area contributed by atoms with Crippen molar-refractivity contribution in [2.45, 2.75) is 32.5 Å². The zero-order valence-corrected chi connectivity index (χ0v) is 20.9. The van der Waals surface area contributed by atoms with E-state index in [1.54, 1.807) is 25.1 Å². The molecule has 1 aliphatic rings. The fourth-order valence-electron chi connectivity index (χ4n) is 3.83. The van der Waals surface area contributed by atoms with Crippen LogP contribution < -0.4 is 4.74 Å². The monoisotopic (exact) mass is 494 g/mol. The summed E-state index contributed by atoms with van der Waals surface area (Å²) in [7, 11) is 7.54. The number of nitrogens with zero attached hydrogens (tertiary/aromatic N) is 2. The number of carbonyl (C=O) groups excluding carboxylic acids is 2. The van der Waals surface area contributed by atoms with Crippen molar-refractivity contribution < 1.29 is 24.2 Å². The van der Waals surface area contributed by atoms with E-state index in [9.17, 15) is 14.7 Å². The number of hydrogen-bond acceptors (Lipinski definition) is 7. The van der Waals surface area contributed by atoms with Gasteiger partial charge in [0.05, 0.1) is 11.6 Å². The number of halogens is 2. The number of esters is 1. The van der Waals surface area contributed by atoms with E-state index in [4.69, 9.17) is 32.7 Å². The summed E-state index contributed by atoms with van der Waals surface area (Å²) in [4.78, 5) is 29.5. The number of benzene rings is 2. The molecular formula is C24H28Cl2N2O5. The summed E-state index contributed by atoms with van der Waals surface area (Å²) in [6.45, 7) is 2.87. The van der Waals surface area contributed by atoms with E-state index in [0.29, 0.717) is 41.1 Å². The lowest BCUT2D eigenvalue weighted by Gasteiger charge is -2.18. The maximum Gasteiger partial charge on any atom is 0.347 e. The Morgan fingerprint density at radius 3 is 2.15 bits per heavy atom. The Kier molecular flexibility index (Phi) is 7.90. The van der Waals surface area contributed by atoms with Gasteiger partial charge < -0.3 is 24.4 Å². The highest BCUT2D eigenvalue weighted by Gasteiger charge is 2.34.